The van der Waals surface area contributed by atoms with E-state index in [4.69, 9.17) is 0 Å². The van der Waals surface area contributed by atoms with Gasteiger partial charge in [-0.25, -0.2) is 0 Å². The lowest BCUT2D eigenvalue weighted by Crippen LogP contribution is -2.53. The molecule has 3 heteroatoms. The number of hydrogen-bond donors (Lipinski definition) is 1. The molecule has 110 valence electrons. The van der Waals surface area contributed by atoms with Crippen LogP contribution in [-0.4, -0.2) is 30.6 Å². The molecule has 1 aliphatic heterocycles. The average molecular weight is 384 g/mol. The van der Waals surface area contributed by atoms with Crippen molar-refractivity contribution in [1.82, 2.24) is 10.2 Å². The van der Waals surface area contributed by atoms with Crippen LogP contribution in [0.5, 0.6) is 0 Å². The van der Waals surface area contributed by atoms with Crippen molar-refractivity contribution in [3.63, 3.8) is 0 Å². The van der Waals surface area contributed by atoms with Crippen molar-refractivity contribution in [2.45, 2.75) is 44.7 Å². The van der Waals surface area contributed by atoms with Gasteiger partial charge in [0.25, 0.3) is 0 Å². The highest BCUT2D eigenvalue weighted by atomic mass is 127. The van der Waals surface area contributed by atoms with Crippen LogP contribution < -0.4 is 5.32 Å². The van der Waals surface area contributed by atoms with Crippen LogP contribution >= 0.6 is 22.6 Å². The van der Waals surface area contributed by atoms with Gasteiger partial charge in [-0.1, -0.05) is 31.4 Å². The first-order valence-electron chi connectivity index (χ1n) is 8.01. The summed E-state index contributed by atoms with van der Waals surface area (Å²) in [6, 6.07) is 9.72. The van der Waals surface area contributed by atoms with E-state index >= 15 is 0 Å². The summed E-state index contributed by atoms with van der Waals surface area (Å²) in [5.74, 6) is 0.920. The maximum atomic E-state index is 3.77. The molecule has 2 nitrogen and oxygen atoms in total. The Morgan fingerprint density at radius 2 is 1.85 bits per heavy atom. The van der Waals surface area contributed by atoms with Gasteiger partial charge in [-0.15, -0.1) is 0 Å². The van der Waals surface area contributed by atoms with Crippen LogP contribution in [0.15, 0.2) is 24.3 Å². The molecule has 1 heterocycles. The fourth-order valence-electron chi connectivity index (χ4n) is 3.69. The molecule has 20 heavy (non-hydrogen) atoms. The summed E-state index contributed by atoms with van der Waals surface area (Å²) < 4.78 is 1.33. The molecular weight excluding hydrogens is 359 g/mol. The lowest BCUT2D eigenvalue weighted by molar-refractivity contribution is 0.141. The van der Waals surface area contributed by atoms with Crippen molar-refractivity contribution >= 4 is 22.6 Å². The van der Waals surface area contributed by atoms with Crippen molar-refractivity contribution < 1.29 is 0 Å². The van der Waals surface area contributed by atoms with E-state index in [0.29, 0.717) is 0 Å². The van der Waals surface area contributed by atoms with Gasteiger partial charge < -0.3 is 5.32 Å². The number of nitrogens with zero attached hydrogens (tertiary/aromatic N) is 1. The molecule has 2 fully saturated rings. The molecule has 1 aromatic carbocycles. The van der Waals surface area contributed by atoms with Gasteiger partial charge >= 0.3 is 0 Å². The van der Waals surface area contributed by atoms with Crippen LogP contribution in [0.25, 0.3) is 0 Å². The minimum absolute atomic E-state index is 0.730. The predicted octanol–water partition coefficient (Wildman–Crippen LogP) is 3.65. The monoisotopic (exact) mass is 384 g/mol. The van der Waals surface area contributed by atoms with Crippen molar-refractivity contribution in [2.24, 2.45) is 5.92 Å². The molecular formula is C17H25IN2. The first kappa shape index (κ1) is 14.8. The van der Waals surface area contributed by atoms with Crippen LogP contribution in [0, 0.1) is 9.49 Å². The van der Waals surface area contributed by atoms with Crippen LogP contribution in [0.2, 0.25) is 0 Å². The first-order valence-corrected chi connectivity index (χ1v) is 9.09. The molecule has 0 radical (unpaired) electrons. The van der Waals surface area contributed by atoms with Gasteiger partial charge in [-0.05, 0) is 59.0 Å². The molecule has 0 amide bonds. The van der Waals surface area contributed by atoms with E-state index in [1.165, 1.54) is 54.3 Å². The van der Waals surface area contributed by atoms with Crippen LogP contribution in [-0.2, 0) is 6.54 Å². The van der Waals surface area contributed by atoms with Crippen LogP contribution in [0.4, 0.5) is 0 Å². The van der Waals surface area contributed by atoms with E-state index in [9.17, 15) is 0 Å². The molecule has 1 atom stereocenters. The zero-order chi connectivity index (χ0) is 13.8. The summed E-state index contributed by atoms with van der Waals surface area (Å²) >= 11 is 2.38. The molecule has 0 aromatic heterocycles. The lowest BCUT2D eigenvalue weighted by atomic mass is 9.83. The third-order valence-corrected chi connectivity index (χ3v) is 5.55. The second-order valence-electron chi connectivity index (χ2n) is 6.32. The Balaban J connectivity index is 1.56. The van der Waals surface area contributed by atoms with Crippen molar-refractivity contribution in [2.75, 3.05) is 19.6 Å². The molecule has 0 spiro atoms. The van der Waals surface area contributed by atoms with E-state index < -0.39 is 0 Å². The van der Waals surface area contributed by atoms with E-state index in [0.717, 1.165) is 25.0 Å². The number of rotatable bonds is 3. The number of benzene rings is 1. The fourth-order valence-corrected chi connectivity index (χ4v) is 4.05. The van der Waals surface area contributed by atoms with Gasteiger partial charge in [0.15, 0.2) is 0 Å². The summed E-state index contributed by atoms with van der Waals surface area (Å²) in [5.41, 5.74) is 1.45. The van der Waals surface area contributed by atoms with E-state index in [-0.39, 0.29) is 0 Å². The Hall–Kier alpha value is -0.130. The molecule has 0 bridgehead atoms. The molecule has 3 rings (SSSR count). The second-order valence-corrected chi connectivity index (χ2v) is 7.57. The van der Waals surface area contributed by atoms with Crippen LogP contribution in [0.3, 0.4) is 0 Å². The van der Waals surface area contributed by atoms with Gasteiger partial charge in [0.1, 0.15) is 0 Å². The maximum absolute atomic E-state index is 3.77. The Kier molecular flexibility index (Phi) is 5.35. The molecule has 1 unspecified atom stereocenters. The average Bonchev–Trinajstić information content (AvgIpc) is 2.51. The highest BCUT2D eigenvalue weighted by Gasteiger charge is 2.27. The summed E-state index contributed by atoms with van der Waals surface area (Å²) in [5, 5.41) is 3.77. The van der Waals surface area contributed by atoms with E-state index in [2.05, 4.69) is 57.1 Å². The summed E-state index contributed by atoms with van der Waals surface area (Å²) in [6.07, 6.45) is 7.22. The predicted molar refractivity (Wildman–Crippen MR) is 92.8 cm³/mol. The Labute approximate surface area is 136 Å². The Bertz CT molecular complexity index is 412. The highest BCUT2D eigenvalue weighted by Crippen LogP contribution is 2.28. The topological polar surface area (TPSA) is 15.3 Å². The van der Waals surface area contributed by atoms with Gasteiger partial charge in [-0.3, -0.25) is 4.90 Å². The van der Waals surface area contributed by atoms with Crippen molar-refractivity contribution in [3.05, 3.63) is 33.4 Å². The van der Waals surface area contributed by atoms with Crippen molar-refractivity contribution in [1.29, 1.82) is 0 Å². The number of halogens is 1. The zero-order valence-electron chi connectivity index (χ0n) is 12.2. The highest BCUT2D eigenvalue weighted by molar-refractivity contribution is 14.1. The van der Waals surface area contributed by atoms with Gasteiger partial charge in [0, 0.05) is 35.8 Å². The largest absolute Gasteiger partial charge is 0.311 e. The third-order valence-electron chi connectivity index (χ3n) is 4.83. The zero-order valence-corrected chi connectivity index (χ0v) is 14.3. The molecule has 1 aliphatic carbocycles. The molecule has 1 N–H and O–H groups in total. The summed E-state index contributed by atoms with van der Waals surface area (Å²) in [6.45, 7) is 4.69. The van der Waals surface area contributed by atoms with Gasteiger partial charge in [0.05, 0.1) is 0 Å². The first-order chi connectivity index (χ1) is 9.81. The van der Waals surface area contributed by atoms with Gasteiger partial charge in [0.2, 0.25) is 0 Å². The summed E-state index contributed by atoms with van der Waals surface area (Å²) in [4.78, 5) is 2.64. The van der Waals surface area contributed by atoms with Crippen LogP contribution in [0.1, 0.15) is 37.7 Å². The smallest absolute Gasteiger partial charge is 0.0234 e. The quantitative estimate of drug-likeness (QED) is 0.801. The fraction of sp³-hybridized carbons (Fsp3) is 0.647. The number of hydrogen-bond acceptors (Lipinski definition) is 2. The molecule has 1 saturated carbocycles. The SMILES string of the molecule is Ic1ccc(CN2CCNC(C3CCCCC3)C2)cc1. The lowest BCUT2D eigenvalue weighted by Gasteiger charge is -2.39. The molecule has 2 aliphatic rings. The minimum atomic E-state index is 0.730. The summed E-state index contributed by atoms with van der Waals surface area (Å²) in [7, 11) is 0. The van der Waals surface area contributed by atoms with E-state index in [1.807, 2.05) is 0 Å². The normalized spacial score (nSPS) is 25.8. The standard InChI is InChI=1S/C17H25IN2/c18-16-8-6-14(7-9-16)12-20-11-10-19-17(13-20)15-4-2-1-3-5-15/h6-9,15,17,19H,1-5,10-13H2. The maximum Gasteiger partial charge on any atom is 0.0234 e. The number of nitrogens with one attached hydrogen (secondary N) is 1. The molecule has 1 saturated heterocycles. The number of piperazine rings is 1. The minimum Gasteiger partial charge on any atom is -0.311 e. The molecule has 1 aromatic rings. The second kappa shape index (κ2) is 7.23. The third kappa shape index (κ3) is 3.95. The van der Waals surface area contributed by atoms with Crippen molar-refractivity contribution in [3.8, 4) is 0 Å². The van der Waals surface area contributed by atoms with E-state index in [1.54, 1.807) is 0 Å². The Morgan fingerprint density at radius 1 is 1.10 bits per heavy atom. The van der Waals surface area contributed by atoms with Gasteiger partial charge in [-0.2, -0.15) is 0 Å². The Morgan fingerprint density at radius 3 is 2.60 bits per heavy atom.